The molecule has 3 heteroatoms. The summed E-state index contributed by atoms with van der Waals surface area (Å²) in [6.07, 6.45) is 0. The molecule has 0 saturated heterocycles. The zero-order valence-electron chi connectivity index (χ0n) is 10.6. The summed E-state index contributed by atoms with van der Waals surface area (Å²) >= 11 is 2.41. The third-order valence-electron chi connectivity index (χ3n) is 2.93. The fraction of sp³-hybridized carbons (Fsp3) is 0.200. The molecule has 0 saturated carbocycles. The van der Waals surface area contributed by atoms with Crippen LogP contribution in [0.4, 0.5) is 5.69 Å². The number of para-hydroxylation sites is 1. The summed E-state index contributed by atoms with van der Waals surface area (Å²) in [7, 11) is 4.51. The fourth-order valence-corrected chi connectivity index (χ4v) is 3.11. The quantitative estimate of drug-likeness (QED) is 0.517. The fourth-order valence-electron chi connectivity index (χ4n) is 2.07. The summed E-state index contributed by atoms with van der Waals surface area (Å²) in [5, 5.41) is 0. The molecule has 0 radical (unpaired) electrons. The Kier molecular flexibility index (Phi) is 5.82. The Labute approximate surface area is 133 Å². The zero-order chi connectivity index (χ0) is 12.3. The van der Waals surface area contributed by atoms with Crippen molar-refractivity contribution < 1.29 is 17.0 Å². The molecule has 0 heterocycles. The lowest BCUT2D eigenvalue weighted by atomic mass is 10.2. The molecule has 0 N–H and O–H groups in total. The number of benzene rings is 2. The summed E-state index contributed by atoms with van der Waals surface area (Å²) in [4.78, 5) is 0. The Morgan fingerprint density at radius 3 is 2.06 bits per heavy atom. The van der Waals surface area contributed by atoms with Gasteiger partial charge in [-0.15, -0.1) is 0 Å². The van der Waals surface area contributed by atoms with E-state index in [9.17, 15) is 0 Å². The number of rotatable bonds is 3. The molecule has 0 amide bonds. The van der Waals surface area contributed by atoms with Gasteiger partial charge in [-0.1, -0.05) is 42.5 Å². The highest BCUT2D eigenvalue weighted by atomic mass is 127. The number of halogens is 2. The molecule has 0 unspecified atom stereocenters. The van der Waals surface area contributed by atoms with Gasteiger partial charge in [-0.2, -0.15) is 0 Å². The van der Waals surface area contributed by atoms with Crippen molar-refractivity contribution in [3.8, 4) is 0 Å². The Morgan fingerprint density at radius 2 is 1.44 bits per heavy atom. The van der Waals surface area contributed by atoms with Crippen LogP contribution in [0, 0.1) is 3.57 Å². The Hall–Kier alpha value is -0.390. The molecule has 1 nitrogen and oxygen atoms in total. The number of hydrogen-bond acceptors (Lipinski definition) is 0. The van der Waals surface area contributed by atoms with Crippen LogP contribution in [0.3, 0.4) is 0 Å². The third kappa shape index (κ3) is 3.80. The van der Waals surface area contributed by atoms with Gasteiger partial charge in [0.15, 0.2) is 0 Å². The molecule has 0 atom stereocenters. The van der Waals surface area contributed by atoms with Crippen LogP contribution in [0.1, 0.15) is 5.56 Å². The summed E-state index contributed by atoms with van der Waals surface area (Å²) in [6, 6.07) is 19.2. The predicted octanol–water partition coefficient (Wildman–Crippen LogP) is 1.06. The van der Waals surface area contributed by atoms with Crippen LogP contribution in [0.15, 0.2) is 54.6 Å². The van der Waals surface area contributed by atoms with E-state index in [0.29, 0.717) is 0 Å². The van der Waals surface area contributed by atoms with E-state index in [1.165, 1.54) is 14.8 Å². The molecule has 0 aliphatic carbocycles. The lowest BCUT2D eigenvalue weighted by Gasteiger charge is -2.30. The van der Waals surface area contributed by atoms with Crippen LogP contribution < -0.4 is 21.5 Å². The lowest BCUT2D eigenvalue weighted by Crippen LogP contribution is -3.00. The monoisotopic (exact) mass is 417 g/mol. The van der Waals surface area contributed by atoms with Crippen LogP contribution in [-0.2, 0) is 6.54 Å². The van der Waals surface area contributed by atoms with E-state index in [2.05, 4.69) is 91.3 Å². The normalized spacial score (nSPS) is 10.8. The molecule has 96 valence electrons. The van der Waals surface area contributed by atoms with Crippen molar-refractivity contribution in [1.29, 1.82) is 0 Å². The average Bonchev–Trinajstić information content (AvgIpc) is 2.30. The van der Waals surface area contributed by atoms with Crippen LogP contribution in [-0.4, -0.2) is 14.1 Å². The molecule has 2 aromatic rings. The molecule has 2 aromatic carbocycles. The highest BCUT2D eigenvalue weighted by Crippen LogP contribution is 2.27. The van der Waals surface area contributed by atoms with Gasteiger partial charge in [-0.05, 0) is 28.7 Å². The second kappa shape index (κ2) is 6.68. The molecule has 18 heavy (non-hydrogen) atoms. The minimum Gasteiger partial charge on any atom is -1.00 e. The number of nitrogens with zero attached hydrogens (tertiary/aromatic N) is 1. The lowest BCUT2D eigenvalue weighted by molar-refractivity contribution is -0.00000355. The Bertz CT molecular complexity index is 497. The first-order valence-corrected chi connectivity index (χ1v) is 6.79. The third-order valence-corrected chi connectivity index (χ3v) is 3.84. The first-order chi connectivity index (χ1) is 8.09. The summed E-state index contributed by atoms with van der Waals surface area (Å²) in [5.41, 5.74) is 2.74. The highest BCUT2D eigenvalue weighted by molar-refractivity contribution is 14.1. The Morgan fingerprint density at radius 1 is 0.889 bits per heavy atom. The van der Waals surface area contributed by atoms with E-state index in [0.717, 1.165) is 11.0 Å². The smallest absolute Gasteiger partial charge is 0.146 e. The molecular formula is C15H17BrIN. The van der Waals surface area contributed by atoms with Crippen LogP contribution in [0.5, 0.6) is 0 Å². The maximum Gasteiger partial charge on any atom is 0.146 e. The van der Waals surface area contributed by atoms with Gasteiger partial charge in [0.05, 0.1) is 17.7 Å². The van der Waals surface area contributed by atoms with Crippen LogP contribution in [0.25, 0.3) is 0 Å². The van der Waals surface area contributed by atoms with Crippen molar-refractivity contribution in [1.82, 2.24) is 4.48 Å². The van der Waals surface area contributed by atoms with Crippen LogP contribution >= 0.6 is 22.6 Å². The maximum absolute atomic E-state index is 2.41. The Balaban J connectivity index is 0.00000162. The topological polar surface area (TPSA) is 0 Å². The maximum atomic E-state index is 2.41. The zero-order valence-corrected chi connectivity index (χ0v) is 14.3. The van der Waals surface area contributed by atoms with E-state index < -0.39 is 0 Å². The van der Waals surface area contributed by atoms with Gasteiger partial charge in [-0.25, -0.2) is 0 Å². The summed E-state index contributed by atoms with van der Waals surface area (Å²) in [5.74, 6) is 0. The van der Waals surface area contributed by atoms with Crippen molar-refractivity contribution in [3.63, 3.8) is 0 Å². The van der Waals surface area contributed by atoms with Crippen molar-refractivity contribution in [2.45, 2.75) is 6.54 Å². The van der Waals surface area contributed by atoms with E-state index in [1.54, 1.807) is 0 Å². The van der Waals surface area contributed by atoms with Gasteiger partial charge in [0.2, 0.25) is 0 Å². The standard InChI is InChI=1S/C15H17IN.BrH/c1-17(2,12-13-8-4-3-5-9-13)15-11-7-6-10-14(15)16;/h3-11H,12H2,1-2H3;1H/q+1;/p-1. The average molecular weight is 418 g/mol. The summed E-state index contributed by atoms with van der Waals surface area (Å²) < 4.78 is 2.20. The van der Waals surface area contributed by atoms with Crippen molar-refractivity contribution >= 4 is 28.3 Å². The van der Waals surface area contributed by atoms with Gasteiger partial charge in [0.25, 0.3) is 0 Å². The number of quaternary nitrogens is 1. The van der Waals surface area contributed by atoms with Gasteiger partial charge in [0.1, 0.15) is 12.2 Å². The molecule has 0 aliphatic heterocycles. The molecule has 2 rings (SSSR count). The van der Waals surface area contributed by atoms with E-state index >= 15 is 0 Å². The first-order valence-electron chi connectivity index (χ1n) is 5.71. The van der Waals surface area contributed by atoms with Crippen molar-refractivity contribution in [2.24, 2.45) is 0 Å². The summed E-state index contributed by atoms with van der Waals surface area (Å²) in [6.45, 7) is 1.01. The minimum absolute atomic E-state index is 0. The van der Waals surface area contributed by atoms with Gasteiger partial charge in [-0.3, -0.25) is 4.48 Å². The molecular weight excluding hydrogens is 401 g/mol. The predicted molar refractivity (Wildman–Crippen MR) is 82.9 cm³/mol. The van der Waals surface area contributed by atoms with Crippen molar-refractivity contribution in [3.05, 3.63) is 63.7 Å². The van der Waals surface area contributed by atoms with Crippen LogP contribution in [0.2, 0.25) is 0 Å². The van der Waals surface area contributed by atoms with E-state index in [-0.39, 0.29) is 17.0 Å². The van der Waals surface area contributed by atoms with E-state index in [4.69, 9.17) is 0 Å². The van der Waals surface area contributed by atoms with Crippen molar-refractivity contribution in [2.75, 3.05) is 14.1 Å². The molecule has 0 fully saturated rings. The van der Waals surface area contributed by atoms with Gasteiger partial charge in [0, 0.05) is 11.6 Å². The largest absolute Gasteiger partial charge is 1.00 e. The first kappa shape index (κ1) is 15.7. The number of hydrogen-bond donors (Lipinski definition) is 0. The highest BCUT2D eigenvalue weighted by Gasteiger charge is 2.21. The van der Waals surface area contributed by atoms with E-state index in [1.807, 2.05) is 0 Å². The van der Waals surface area contributed by atoms with Gasteiger partial charge >= 0.3 is 0 Å². The molecule has 0 bridgehead atoms. The second-order valence-electron chi connectivity index (χ2n) is 4.78. The molecule has 0 spiro atoms. The molecule has 0 aliphatic rings. The SMILES string of the molecule is C[N+](C)(Cc1ccccc1)c1ccccc1I.[Br-]. The second-order valence-corrected chi connectivity index (χ2v) is 5.94. The van der Waals surface area contributed by atoms with Gasteiger partial charge < -0.3 is 17.0 Å². The minimum atomic E-state index is 0. The molecule has 0 aromatic heterocycles.